The van der Waals surface area contributed by atoms with Crippen LogP contribution in [0.25, 0.3) is 33.4 Å². The van der Waals surface area contributed by atoms with E-state index < -0.39 is 10.0 Å². The average Bonchev–Trinajstić information content (AvgIpc) is 3.42. The van der Waals surface area contributed by atoms with Gasteiger partial charge in [-0.3, -0.25) is 0 Å². The highest BCUT2D eigenvalue weighted by Crippen LogP contribution is 2.38. The first kappa shape index (κ1) is 18.8. The molecule has 3 aromatic heterocycles. The molecule has 0 amide bonds. The molecule has 0 aliphatic rings. The number of aromatic nitrogens is 2. The Hall–Kier alpha value is -3.22. The Kier molecular flexibility index (Phi) is 4.53. The van der Waals surface area contributed by atoms with Crippen molar-refractivity contribution in [2.24, 2.45) is 0 Å². The summed E-state index contributed by atoms with van der Waals surface area (Å²) in [4.78, 5) is 4.65. The molecule has 0 atom stereocenters. The van der Waals surface area contributed by atoms with E-state index in [4.69, 9.17) is 0 Å². The first-order chi connectivity index (χ1) is 14.6. The molecule has 0 unspecified atom stereocenters. The molecule has 0 saturated heterocycles. The molecular formula is C24H18N2O2S2. The number of hydrogen-bond donors (Lipinski definition) is 0. The van der Waals surface area contributed by atoms with Crippen LogP contribution in [-0.4, -0.2) is 17.4 Å². The summed E-state index contributed by atoms with van der Waals surface area (Å²) in [6.07, 6.45) is 1.62. The van der Waals surface area contributed by atoms with Crippen molar-refractivity contribution in [3.8, 4) is 22.4 Å². The van der Waals surface area contributed by atoms with Crippen LogP contribution in [0.3, 0.4) is 0 Å². The Labute approximate surface area is 179 Å². The van der Waals surface area contributed by atoms with Crippen LogP contribution in [0.2, 0.25) is 0 Å². The molecule has 5 rings (SSSR count). The minimum atomic E-state index is -3.84. The molecule has 4 nitrogen and oxygen atoms in total. The van der Waals surface area contributed by atoms with Crippen LogP contribution in [0.5, 0.6) is 0 Å². The summed E-state index contributed by atoms with van der Waals surface area (Å²) in [6.45, 7) is 2.04. The zero-order valence-electron chi connectivity index (χ0n) is 16.2. The SMILES string of the molecule is Cc1ccc(-c2cc3cccnc3n2S(=O)(=O)c2ccccc2)c(-c2ccsc2)c1. The van der Waals surface area contributed by atoms with E-state index in [2.05, 4.69) is 22.5 Å². The largest absolute Gasteiger partial charge is 0.269 e. The fraction of sp³-hybridized carbons (Fsp3) is 0.0417. The molecule has 3 heterocycles. The van der Waals surface area contributed by atoms with Crippen molar-refractivity contribution in [1.82, 2.24) is 8.96 Å². The van der Waals surface area contributed by atoms with Gasteiger partial charge in [-0.25, -0.2) is 17.4 Å². The lowest BCUT2D eigenvalue weighted by Gasteiger charge is -2.14. The van der Waals surface area contributed by atoms with Crippen LogP contribution < -0.4 is 0 Å². The van der Waals surface area contributed by atoms with Gasteiger partial charge < -0.3 is 0 Å². The van der Waals surface area contributed by atoms with Crippen LogP contribution in [0, 0.1) is 6.92 Å². The number of pyridine rings is 1. The third-order valence-corrected chi connectivity index (χ3v) is 7.49. The lowest BCUT2D eigenvalue weighted by molar-refractivity contribution is 0.589. The molecule has 0 aliphatic carbocycles. The van der Waals surface area contributed by atoms with E-state index in [0.717, 1.165) is 27.6 Å². The van der Waals surface area contributed by atoms with Gasteiger partial charge in [-0.05, 0) is 65.2 Å². The second-order valence-electron chi connectivity index (χ2n) is 7.09. The van der Waals surface area contributed by atoms with E-state index in [0.29, 0.717) is 11.3 Å². The molecule has 148 valence electrons. The predicted molar refractivity (Wildman–Crippen MR) is 122 cm³/mol. The van der Waals surface area contributed by atoms with Gasteiger partial charge in [0.15, 0.2) is 5.65 Å². The number of fused-ring (bicyclic) bond motifs is 1. The van der Waals surface area contributed by atoms with Gasteiger partial charge in [0.2, 0.25) is 0 Å². The number of thiophene rings is 1. The van der Waals surface area contributed by atoms with Crippen LogP contribution >= 0.6 is 11.3 Å². The molecule has 0 fully saturated rings. The lowest BCUT2D eigenvalue weighted by atomic mass is 9.97. The lowest BCUT2D eigenvalue weighted by Crippen LogP contribution is -2.14. The highest BCUT2D eigenvalue weighted by Gasteiger charge is 2.25. The van der Waals surface area contributed by atoms with Crippen LogP contribution in [0.15, 0.2) is 94.6 Å². The van der Waals surface area contributed by atoms with Gasteiger partial charge in [-0.2, -0.15) is 11.3 Å². The van der Waals surface area contributed by atoms with Gasteiger partial charge >= 0.3 is 0 Å². The number of aryl methyl sites for hydroxylation is 1. The van der Waals surface area contributed by atoms with E-state index in [1.807, 2.05) is 42.6 Å². The second kappa shape index (κ2) is 7.23. The molecule has 30 heavy (non-hydrogen) atoms. The van der Waals surface area contributed by atoms with Crippen molar-refractivity contribution in [2.45, 2.75) is 11.8 Å². The summed E-state index contributed by atoms with van der Waals surface area (Å²) in [6, 6.07) is 22.3. The maximum Gasteiger partial charge on any atom is 0.269 e. The summed E-state index contributed by atoms with van der Waals surface area (Å²) < 4.78 is 28.8. The molecule has 0 aliphatic heterocycles. The van der Waals surface area contributed by atoms with Gasteiger partial charge in [-0.15, -0.1) is 0 Å². The fourth-order valence-corrected chi connectivity index (χ4v) is 5.84. The second-order valence-corrected chi connectivity index (χ2v) is 9.66. The van der Waals surface area contributed by atoms with Crippen molar-refractivity contribution < 1.29 is 8.42 Å². The molecule has 0 spiro atoms. The zero-order chi connectivity index (χ0) is 20.7. The van der Waals surface area contributed by atoms with Gasteiger partial charge in [0.05, 0.1) is 10.6 Å². The maximum absolute atomic E-state index is 13.7. The van der Waals surface area contributed by atoms with E-state index >= 15 is 0 Å². The van der Waals surface area contributed by atoms with E-state index in [1.54, 1.807) is 47.9 Å². The number of nitrogens with zero attached hydrogens (tertiary/aromatic N) is 2. The normalized spacial score (nSPS) is 11.8. The third-order valence-electron chi connectivity index (χ3n) is 5.08. The maximum atomic E-state index is 13.7. The molecule has 6 heteroatoms. The first-order valence-electron chi connectivity index (χ1n) is 9.46. The number of rotatable bonds is 4. The molecule has 5 aromatic rings. The van der Waals surface area contributed by atoms with Gasteiger partial charge in [0.25, 0.3) is 10.0 Å². The van der Waals surface area contributed by atoms with Crippen LogP contribution in [0.1, 0.15) is 5.56 Å². The average molecular weight is 431 g/mol. The monoisotopic (exact) mass is 430 g/mol. The Bertz CT molecular complexity index is 1450. The molecule has 0 N–H and O–H groups in total. The molecule has 2 aromatic carbocycles. The Morgan fingerprint density at radius 1 is 0.900 bits per heavy atom. The standard InChI is InChI=1S/C24H18N2O2S2/c1-17-9-10-21(22(14-17)19-11-13-29-16-19)23-15-18-6-5-12-25-24(18)26(23)30(27,28)20-7-3-2-4-8-20/h2-16H,1H3. The predicted octanol–water partition coefficient (Wildman–Crippen LogP) is 5.98. The minimum Gasteiger partial charge on any atom is -0.237 e. The molecular weight excluding hydrogens is 412 g/mol. The van der Waals surface area contributed by atoms with Gasteiger partial charge in [-0.1, -0.05) is 42.0 Å². The molecule has 0 radical (unpaired) electrons. The van der Waals surface area contributed by atoms with Crippen molar-refractivity contribution in [3.05, 3.63) is 95.3 Å². The molecule has 0 bridgehead atoms. The summed E-state index contributed by atoms with van der Waals surface area (Å²) in [7, 11) is -3.84. The highest BCUT2D eigenvalue weighted by molar-refractivity contribution is 7.90. The first-order valence-corrected chi connectivity index (χ1v) is 11.8. The van der Waals surface area contributed by atoms with Gasteiger partial charge in [0.1, 0.15) is 0 Å². The van der Waals surface area contributed by atoms with E-state index in [1.165, 1.54) is 3.97 Å². The fourth-order valence-electron chi connectivity index (χ4n) is 3.68. The van der Waals surface area contributed by atoms with Gasteiger partial charge in [0, 0.05) is 17.1 Å². The summed E-state index contributed by atoms with van der Waals surface area (Å²) in [5.41, 5.74) is 5.08. The van der Waals surface area contributed by atoms with Crippen molar-refractivity contribution >= 4 is 32.4 Å². The van der Waals surface area contributed by atoms with Crippen LogP contribution in [0.4, 0.5) is 0 Å². The number of benzene rings is 2. The summed E-state index contributed by atoms with van der Waals surface area (Å²) in [5, 5.41) is 4.89. The minimum absolute atomic E-state index is 0.235. The smallest absolute Gasteiger partial charge is 0.237 e. The molecule has 0 saturated carbocycles. The Balaban J connectivity index is 1.86. The summed E-state index contributed by atoms with van der Waals surface area (Å²) in [5.74, 6) is 0. The summed E-state index contributed by atoms with van der Waals surface area (Å²) >= 11 is 1.62. The topological polar surface area (TPSA) is 52.0 Å². The Morgan fingerprint density at radius 2 is 1.73 bits per heavy atom. The third kappa shape index (κ3) is 3.05. The van der Waals surface area contributed by atoms with Crippen molar-refractivity contribution in [1.29, 1.82) is 0 Å². The zero-order valence-corrected chi connectivity index (χ0v) is 17.8. The van der Waals surface area contributed by atoms with E-state index in [9.17, 15) is 8.42 Å². The van der Waals surface area contributed by atoms with Crippen molar-refractivity contribution in [2.75, 3.05) is 0 Å². The highest BCUT2D eigenvalue weighted by atomic mass is 32.2. The van der Waals surface area contributed by atoms with E-state index in [-0.39, 0.29) is 4.90 Å². The quantitative estimate of drug-likeness (QED) is 0.353. The van der Waals surface area contributed by atoms with Crippen molar-refractivity contribution in [3.63, 3.8) is 0 Å². The van der Waals surface area contributed by atoms with Crippen LogP contribution in [-0.2, 0) is 10.0 Å². The Morgan fingerprint density at radius 3 is 2.50 bits per heavy atom. The number of hydrogen-bond acceptors (Lipinski definition) is 4.